The fraction of sp³-hybridized carbons (Fsp3) is 0.0638. The topological polar surface area (TPSA) is 29.5 Å². The maximum atomic E-state index is 7.01. The molecule has 50 heavy (non-hydrogen) atoms. The molecule has 0 saturated heterocycles. The summed E-state index contributed by atoms with van der Waals surface area (Å²) < 4.78 is 14.0. The lowest BCUT2D eigenvalue weighted by Crippen LogP contribution is -2.16. The molecular weight excluding hydrogens is 611 g/mol. The van der Waals surface area contributed by atoms with Gasteiger partial charge in [0, 0.05) is 43.3 Å². The van der Waals surface area contributed by atoms with Crippen LogP contribution in [0.5, 0.6) is 0 Å². The maximum Gasteiger partial charge on any atom is 0.159 e. The van der Waals surface area contributed by atoms with Gasteiger partial charge < -0.3 is 13.7 Å². The molecule has 11 rings (SSSR count). The molecule has 0 fully saturated rings. The van der Waals surface area contributed by atoms with E-state index in [1.165, 1.54) is 22.3 Å². The molecule has 236 valence electrons. The average Bonchev–Trinajstić information content (AvgIpc) is 3.81. The maximum absolute atomic E-state index is 7.01. The number of hydrogen-bond acceptors (Lipinski definition) is 3. The Balaban J connectivity index is 1.28. The van der Waals surface area contributed by atoms with Gasteiger partial charge in [0.05, 0.1) is 17.1 Å². The van der Waals surface area contributed by atoms with E-state index >= 15 is 0 Å². The molecule has 1 aliphatic rings. The van der Waals surface area contributed by atoms with Gasteiger partial charge in [0.25, 0.3) is 0 Å². The van der Waals surface area contributed by atoms with E-state index in [-0.39, 0.29) is 5.41 Å². The number of para-hydroxylation sites is 2. The summed E-state index contributed by atoms with van der Waals surface area (Å²) in [6.07, 6.45) is 0. The minimum atomic E-state index is -0.151. The summed E-state index contributed by atoms with van der Waals surface area (Å²) in [4.78, 5) is 2.39. The third kappa shape index (κ3) is 3.59. The van der Waals surface area contributed by atoms with E-state index in [1.54, 1.807) is 0 Å². The summed E-state index contributed by atoms with van der Waals surface area (Å²) in [6.45, 7) is 4.67. The van der Waals surface area contributed by atoms with Gasteiger partial charge in [-0.1, -0.05) is 135 Å². The molecule has 8 aromatic carbocycles. The molecule has 1 aliphatic carbocycles. The van der Waals surface area contributed by atoms with Gasteiger partial charge in [-0.15, -0.1) is 0 Å². The second-order valence-corrected chi connectivity index (χ2v) is 14.0. The first-order chi connectivity index (χ1) is 24.6. The van der Waals surface area contributed by atoms with E-state index in [0.29, 0.717) is 0 Å². The van der Waals surface area contributed by atoms with Gasteiger partial charge in [-0.2, -0.15) is 0 Å². The van der Waals surface area contributed by atoms with Gasteiger partial charge in [-0.3, -0.25) is 0 Å². The van der Waals surface area contributed by atoms with Crippen molar-refractivity contribution >= 4 is 82.5 Å². The standard InChI is InChI=1S/C47H31NO2/c1-47(2)37-19-8-7-16-36(37)42-38(47)20-11-21-39(42)48(40-22-9-17-32-34-26-24-28-12-3-5-14-30(28)43(34)49-45(32)40)41-23-10-18-33-35-27-25-29-13-4-6-15-31(29)44(35)50-46(33)41/h3-27H,1-2H3. The van der Waals surface area contributed by atoms with E-state index in [1.807, 2.05) is 0 Å². The fourth-order valence-electron chi connectivity index (χ4n) is 8.69. The quantitative estimate of drug-likeness (QED) is 0.192. The molecule has 0 saturated carbocycles. The SMILES string of the molecule is CC1(C)c2ccccc2-c2c(N(c3cccc4c3oc3c5ccccc5ccc43)c3cccc4c3oc3c5ccccc5ccc43)cccc21. The molecule has 3 nitrogen and oxygen atoms in total. The van der Waals surface area contributed by atoms with E-state index in [0.717, 1.165) is 82.5 Å². The van der Waals surface area contributed by atoms with Crippen molar-refractivity contribution in [2.45, 2.75) is 19.3 Å². The molecular formula is C47H31NO2. The van der Waals surface area contributed by atoms with Crippen LogP contribution in [0, 0.1) is 0 Å². The number of benzene rings is 8. The minimum absolute atomic E-state index is 0.151. The first-order valence-electron chi connectivity index (χ1n) is 17.3. The third-order valence-electron chi connectivity index (χ3n) is 11.0. The molecule has 10 aromatic rings. The van der Waals surface area contributed by atoms with E-state index in [2.05, 4.69) is 170 Å². The molecule has 2 heterocycles. The zero-order valence-electron chi connectivity index (χ0n) is 27.7. The van der Waals surface area contributed by atoms with E-state index < -0.39 is 0 Å². The van der Waals surface area contributed by atoms with Crippen molar-refractivity contribution in [3.05, 3.63) is 163 Å². The van der Waals surface area contributed by atoms with Crippen LogP contribution < -0.4 is 4.90 Å². The smallest absolute Gasteiger partial charge is 0.159 e. The Morgan fingerprint density at radius 2 is 0.840 bits per heavy atom. The second kappa shape index (κ2) is 9.87. The Hall–Kier alpha value is -6.32. The first-order valence-corrected chi connectivity index (χ1v) is 17.3. The van der Waals surface area contributed by atoms with E-state index in [9.17, 15) is 0 Å². The third-order valence-corrected chi connectivity index (χ3v) is 11.0. The molecule has 0 N–H and O–H groups in total. The van der Waals surface area contributed by atoms with Crippen LogP contribution in [0.1, 0.15) is 25.0 Å². The van der Waals surface area contributed by atoms with Crippen molar-refractivity contribution in [2.75, 3.05) is 4.90 Å². The lowest BCUT2D eigenvalue weighted by Gasteiger charge is -2.28. The summed E-state index contributed by atoms with van der Waals surface area (Å²) >= 11 is 0. The van der Waals surface area contributed by atoms with Crippen LogP contribution in [0.4, 0.5) is 17.1 Å². The summed E-state index contributed by atoms with van der Waals surface area (Å²) in [6, 6.07) is 54.4. The highest BCUT2D eigenvalue weighted by Gasteiger charge is 2.38. The number of fused-ring (bicyclic) bond motifs is 13. The molecule has 0 spiro atoms. The highest BCUT2D eigenvalue weighted by atomic mass is 16.3. The van der Waals surface area contributed by atoms with E-state index in [4.69, 9.17) is 8.83 Å². The summed E-state index contributed by atoms with van der Waals surface area (Å²) in [5.74, 6) is 0. The Bertz CT molecular complexity index is 2880. The minimum Gasteiger partial charge on any atom is -0.453 e. The monoisotopic (exact) mass is 641 g/mol. The largest absolute Gasteiger partial charge is 0.453 e. The lowest BCUT2D eigenvalue weighted by atomic mass is 9.82. The summed E-state index contributed by atoms with van der Waals surface area (Å²) in [7, 11) is 0. The van der Waals surface area contributed by atoms with Gasteiger partial charge >= 0.3 is 0 Å². The Morgan fingerprint density at radius 1 is 0.380 bits per heavy atom. The predicted molar refractivity (Wildman–Crippen MR) is 208 cm³/mol. The Labute approximate surface area is 288 Å². The molecule has 0 amide bonds. The molecule has 0 bridgehead atoms. The van der Waals surface area contributed by atoms with Crippen LogP contribution in [0.25, 0.3) is 76.5 Å². The number of nitrogens with zero attached hydrogens (tertiary/aromatic N) is 1. The highest BCUT2D eigenvalue weighted by molar-refractivity contribution is 6.20. The Morgan fingerprint density at radius 3 is 1.46 bits per heavy atom. The summed E-state index contributed by atoms with van der Waals surface area (Å²) in [5, 5.41) is 8.95. The number of anilines is 3. The lowest BCUT2D eigenvalue weighted by molar-refractivity contribution is 0.660. The highest BCUT2D eigenvalue weighted by Crippen LogP contribution is 2.56. The summed E-state index contributed by atoms with van der Waals surface area (Å²) in [5.41, 5.74) is 11.5. The van der Waals surface area contributed by atoms with Crippen LogP contribution >= 0.6 is 0 Å². The fourth-order valence-corrected chi connectivity index (χ4v) is 8.69. The zero-order valence-corrected chi connectivity index (χ0v) is 27.7. The van der Waals surface area contributed by atoms with Crippen molar-refractivity contribution in [2.24, 2.45) is 0 Å². The van der Waals surface area contributed by atoms with Crippen LogP contribution in [0.15, 0.2) is 160 Å². The van der Waals surface area contributed by atoms with Crippen molar-refractivity contribution in [1.82, 2.24) is 0 Å². The molecule has 0 radical (unpaired) electrons. The van der Waals surface area contributed by atoms with Crippen molar-refractivity contribution in [3.8, 4) is 11.1 Å². The van der Waals surface area contributed by atoms with Gasteiger partial charge in [0.15, 0.2) is 11.2 Å². The van der Waals surface area contributed by atoms with Crippen LogP contribution in [-0.4, -0.2) is 0 Å². The number of hydrogen-bond donors (Lipinski definition) is 0. The first kappa shape index (κ1) is 27.6. The average molecular weight is 642 g/mol. The van der Waals surface area contributed by atoms with Crippen LogP contribution in [-0.2, 0) is 5.41 Å². The molecule has 0 unspecified atom stereocenters. The molecule has 0 aliphatic heterocycles. The van der Waals surface area contributed by atoms with Crippen LogP contribution in [0.3, 0.4) is 0 Å². The zero-order chi connectivity index (χ0) is 33.1. The van der Waals surface area contributed by atoms with Crippen LogP contribution in [0.2, 0.25) is 0 Å². The second-order valence-electron chi connectivity index (χ2n) is 14.0. The predicted octanol–water partition coefficient (Wildman–Crippen LogP) is 13.6. The van der Waals surface area contributed by atoms with Crippen molar-refractivity contribution in [1.29, 1.82) is 0 Å². The molecule has 3 heteroatoms. The molecule has 0 atom stereocenters. The van der Waals surface area contributed by atoms with Gasteiger partial charge in [-0.05, 0) is 57.8 Å². The van der Waals surface area contributed by atoms with Crippen molar-refractivity contribution in [3.63, 3.8) is 0 Å². The van der Waals surface area contributed by atoms with Crippen molar-refractivity contribution < 1.29 is 8.83 Å². The Kier molecular flexibility index (Phi) is 5.45. The number of furan rings is 2. The normalized spacial score (nSPS) is 13.6. The molecule has 2 aromatic heterocycles. The number of rotatable bonds is 3. The van der Waals surface area contributed by atoms with Gasteiger partial charge in [0.1, 0.15) is 11.2 Å². The van der Waals surface area contributed by atoms with Gasteiger partial charge in [-0.25, -0.2) is 0 Å². The van der Waals surface area contributed by atoms with Gasteiger partial charge in [0.2, 0.25) is 0 Å².